The average molecular weight is 324 g/mol. The maximum absolute atomic E-state index is 6.22. The van der Waals surface area contributed by atoms with Crippen molar-refractivity contribution in [3.05, 3.63) is 33.8 Å². The molecule has 1 unspecified atom stereocenters. The van der Waals surface area contributed by atoms with Gasteiger partial charge in [-0.25, -0.2) is 0 Å². The minimum Gasteiger partial charge on any atom is -0.316 e. The molecule has 1 fully saturated rings. The molecule has 1 aromatic carbocycles. The third kappa shape index (κ3) is 4.51. The van der Waals surface area contributed by atoms with E-state index in [9.17, 15) is 0 Å². The van der Waals surface area contributed by atoms with E-state index >= 15 is 0 Å². The third-order valence-corrected chi connectivity index (χ3v) is 4.44. The van der Waals surface area contributed by atoms with E-state index in [1.165, 1.54) is 6.42 Å². The first-order chi connectivity index (χ1) is 8.50. The van der Waals surface area contributed by atoms with Crippen LogP contribution in [0.2, 0.25) is 10.0 Å². The Morgan fingerprint density at radius 1 is 1.37 bits per heavy atom. The highest BCUT2D eigenvalue weighted by Crippen LogP contribution is 2.29. The van der Waals surface area contributed by atoms with Gasteiger partial charge in [0.2, 0.25) is 0 Å². The molecule has 108 valence electrons. The molecule has 1 aliphatic rings. The number of rotatable bonds is 4. The lowest BCUT2D eigenvalue weighted by Crippen LogP contribution is -2.34. The van der Waals surface area contributed by atoms with Gasteiger partial charge in [0, 0.05) is 19.6 Å². The summed E-state index contributed by atoms with van der Waals surface area (Å²) in [5, 5.41) is 4.75. The summed E-state index contributed by atoms with van der Waals surface area (Å²) in [4.78, 5) is 2.32. The van der Waals surface area contributed by atoms with E-state index in [4.69, 9.17) is 23.2 Å². The molecule has 0 saturated carbocycles. The molecule has 5 heteroatoms. The van der Waals surface area contributed by atoms with E-state index < -0.39 is 0 Å². The van der Waals surface area contributed by atoms with Gasteiger partial charge in [0.1, 0.15) is 0 Å². The molecule has 0 radical (unpaired) electrons. The second-order valence-corrected chi connectivity index (χ2v) is 6.41. The highest BCUT2D eigenvalue weighted by atomic mass is 35.5. The number of halogens is 3. The van der Waals surface area contributed by atoms with E-state index in [0.717, 1.165) is 31.7 Å². The lowest BCUT2D eigenvalue weighted by atomic mass is 9.89. The average Bonchev–Trinajstić information content (AvgIpc) is 2.71. The van der Waals surface area contributed by atoms with Crippen molar-refractivity contribution < 1.29 is 0 Å². The van der Waals surface area contributed by atoms with E-state index in [1.54, 1.807) is 0 Å². The van der Waals surface area contributed by atoms with Crippen LogP contribution in [0.1, 0.15) is 18.9 Å². The summed E-state index contributed by atoms with van der Waals surface area (Å²) < 4.78 is 0. The Kier molecular flexibility index (Phi) is 6.41. The molecule has 0 amide bonds. The molecule has 2 nitrogen and oxygen atoms in total. The predicted octanol–water partition coefficient (Wildman–Crippen LogP) is 3.85. The molecule has 1 aromatic rings. The third-order valence-electron chi connectivity index (χ3n) is 3.58. The first-order valence-corrected chi connectivity index (χ1v) is 7.08. The molecule has 1 saturated heterocycles. The molecule has 0 spiro atoms. The van der Waals surface area contributed by atoms with Crippen LogP contribution in [0.15, 0.2) is 18.2 Å². The summed E-state index contributed by atoms with van der Waals surface area (Å²) >= 11 is 12.3. The summed E-state index contributed by atoms with van der Waals surface area (Å²) in [5.41, 5.74) is 1.47. The minimum atomic E-state index is 0. The molecule has 2 rings (SSSR count). The zero-order valence-electron chi connectivity index (χ0n) is 11.4. The number of nitrogens with zero attached hydrogens (tertiary/aromatic N) is 1. The Labute approximate surface area is 131 Å². The molecule has 19 heavy (non-hydrogen) atoms. The Hall–Kier alpha value is 0.01000. The molecule has 0 aliphatic carbocycles. The van der Waals surface area contributed by atoms with Crippen LogP contribution in [0.25, 0.3) is 0 Å². The van der Waals surface area contributed by atoms with Crippen molar-refractivity contribution in [2.45, 2.75) is 19.9 Å². The quantitative estimate of drug-likeness (QED) is 0.905. The van der Waals surface area contributed by atoms with Gasteiger partial charge in [0.05, 0.1) is 10.0 Å². The Balaban J connectivity index is 0.00000180. The van der Waals surface area contributed by atoms with Crippen molar-refractivity contribution in [2.24, 2.45) is 5.41 Å². The van der Waals surface area contributed by atoms with E-state index in [2.05, 4.69) is 24.2 Å². The first kappa shape index (κ1) is 17.1. The van der Waals surface area contributed by atoms with Gasteiger partial charge < -0.3 is 10.2 Å². The summed E-state index contributed by atoms with van der Waals surface area (Å²) in [6.45, 7) is 6.48. The Bertz CT molecular complexity index is 417. The SMILES string of the molecule is CN(Cc1cccc(Cl)c1Cl)CC1(C)CCNC1.Cl. The van der Waals surface area contributed by atoms with E-state index in [1.807, 2.05) is 18.2 Å². The standard InChI is InChI=1S/C14H20Cl2N2.ClH/c1-14(6-7-17-9-14)10-18(2)8-11-4-3-5-12(15)13(11)16;/h3-5,17H,6-10H2,1-2H3;1H. The molecule has 0 aromatic heterocycles. The van der Waals surface area contributed by atoms with Crippen LogP contribution >= 0.6 is 35.6 Å². The maximum Gasteiger partial charge on any atom is 0.0637 e. The van der Waals surface area contributed by atoms with Crippen molar-refractivity contribution in [3.8, 4) is 0 Å². The molecule has 1 atom stereocenters. The molecule has 1 aliphatic heterocycles. The lowest BCUT2D eigenvalue weighted by Gasteiger charge is -2.29. The van der Waals surface area contributed by atoms with Crippen molar-refractivity contribution in [1.29, 1.82) is 0 Å². The lowest BCUT2D eigenvalue weighted by molar-refractivity contribution is 0.203. The summed E-state index contributed by atoms with van der Waals surface area (Å²) in [6, 6.07) is 5.83. The van der Waals surface area contributed by atoms with Gasteiger partial charge in [-0.3, -0.25) is 0 Å². The van der Waals surface area contributed by atoms with Gasteiger partial charge in [-0.2, -0.15) is 0 Å². The normalized spacial score (nSPS) is 22.6. The van der Waals surface area contributed by atoms with Crippen LogP contribution in [-0.4, -0.2) is 31.6 Å². The fourth-order valence-electron chi connectivity index (χ4n) is 2.67. The number of nitrogens with one attached hydrogen (secondary N) is 1. The van der Waals surface area contributed by atoms with Crippen LogP contribution in [-0.2, 0) is 6.54 Å². The zero-order chi connectivity index (χ0) is 13.2. The fourth-order valence-corrected chi connectivity index (χ4v) is 3.05. The van der Waals surface area contributed by atoms with Gasteiger partial charge >= 0.3 is 0 Å². The Morgan fingerprint density at radius 3 is 2.74 bits per heavy atom. The van der Waals surface area contributed by atoms with Crippen LogP contribution < -0.4 is 5.32 Å². The van der Waals surface area contributed by atoms with E-state index in [-0.39, 0.29) is 12.4 Å². The minimum absolute atomic E-state index is 0. The van der Waals surface area contributed by atoms with Gasteiger partial charge in [0.25, 0.3) is 0 Å². The topological polar surface area (TPSA) is 15.3 Å². The molecular formula is C14H21Cl3N2. The predicted molar refractivity (Wildman–Crippen MR) is 85.6 cm³/mol. The van der Waals surface area contributed by atoms with E-state index in [0.29, 0.717) is 15.5 Å². The maximum atomic E-state index is 6.22. The second kappa shape index (κ2) is 7.14. The van der Waals surface area contributed by atoms with Gasteiger partial charge in [-0.05, 0) is 37.1 Å². The highest BCUT2D eigenvalue weighted by molar-refractivity contribution is 6.42. The summed E-state index contributed by atoms with van der Waals surface area (Å²) in [5.74, 6) is 0. The fraction of sp³-hybridized carbons (Fsp3) is 0.571. The molecule has 0 bridgehead atoms. The van der Waals surface area contributed by atoms with Crippen molar-refractivity contribution in [2.75, 3.05) is 26.7 Å². The van der Waals surface area contributed by atoms with Crippen LogP contribution in [0.5, 0.6) is 0 Å². The summed E-state index contributed by atoms with van der Waals surface area (Å²) in [7, 11) is 2.14. The number of benzene rings is 1. The van der Waals surface area contributed by atoms with Gasteiger partial charge in [0.15, 0.2) is 0 Å². The Morgan fingerprint density at radius 2 is 2.11 bits per heavy atom. The van der Waals surface area contributed by atoms with Crippen LogP contribution in [0.4, 0.5) is 0 Å². The number of hydrogen-bond donors (Lipinski definition) is 1. The first-order valence-electron chi connectivity index (χ1n) is 6.32. The smallest absolute Gasteiger partial charge is 0.0637 e. The number of hydrogen-bond acceptors (Lipinski definition) is 2. The molecule has 1 heterocycles. The van der Waals surface area contributed by atoms with Crippen molar-refractivity contribution >= 4 is 35.6 Å². The molecular weight excluding hydrogens is 303 g/mol. The van der Waals surface area contributed by atoms with Crippen LogP contribution in [0, 0.1) is 5.41 Å². The highest BCUT2D eigenvalue weighted by Gasteiger charge is 2.29. The largest absolute Gasteiger partial charge is 0.316 e. The monoisotopic (exact) mass is 322 g/mol. The molecule has 1 N–H and O–H groups in total. The van der Waals surface area contributed by atoms with Crippen molar-refractivity contribution in [1.82, 2.24) is 10.2 Å². The van der Waals surface area contributed by atoms with Gasteiger partial charge in [-0.15, -0.1) is 12.4 Å². The van der Waals surface area contributed by atoms with Crippen molar-refractivity contribution in [3.63, 3.8) is 0 Å². The second-order valence-electron chi connectivity index (χ2n) is 5.62. The van der Waals surface area contributed by atoms with Gasteiger partial charge in [-0.1, -0.05) is 42.3 Å². The zero-order valence-corrected chi connectivity index (χ0v) is 13.7. The van der Waals surface area contributed by atoms with Crippen LogP contribution in [0.3, 0.4) is 0 Å². The summed E-state index contributed by atoms with van der Waals surface area (Å²) in [6.07, 6.45) is 1.24.